The largest absolute Gasteiger partial charge is 0.508 e. The van der Waals surface area contributed by atoms with Crippen molar-refractivity contribution in [2.75, 3.05) is 4.90 Å². The van der Waals surface area contributed by atoms with Gasteiger partial charge in [0.15, 0.2) is 5.82 Å². The third kappa shape index (κ3) is 3.31. The highest BCUT2D eigenvalue weighted by Crippen LogP contribution is 2.42. The highest BCUT2D eigenvalue weighted by molar-refractivity contribution is 9.10. The summed E-state index contributed by atoms with van der Waals surface area (Å²) in [5.41, 5.74) is 0.736. The van der Waals surface area contributed by atoms with Gasteiger partial charge in [0.05, 0.1) is 11.6 Å². The summed E-state index contributed by atoms with van der Waals surface area (Å²) < 4.78 is 5.88. The van der Waals surface area contributed by atoms with Crippen molar-refractivity contribution in [2.24, 2.45) is 0 Å². The van der Waals surface area contributed by atoms with Crippen molar-refractivity contribution >= 4 is 39.2 Å². The summed E-state index contributed by atoms with van der Waals surface area (Å²) in [6.45, 7) is 1.66. The number of ketones is 1. The molecular weight excluding hydrogens is 440 g/mol. The summed E-state index contributed by atoms with van der Waals surface area (Å²) in [6, 6.07) is 13.4. The molecule has 2 heterocycles. The van der Waals surface area contributed by atoms with Crippen LogP contribution in [0.25, 0.3) is 5.76 Å². The Morgan fingerprint density at radius 2 is 1.86 bits per heavy atom. The van der Waals surface area contributed by atoms with Crippen LogP contribution in [0, 0.1) is 6.92 Å². The molecule has 0 spiro atoms. The number of phenols is 1. The van der Waals surface area contributed by atoms with E-state index in [1.165, 1.54) is 18.2 Å². The Kier molecular flexibility index (Phi) is 4.71. The van der Waals surface area contributed by atoms with Gasteiger partial charge in [-0.05, 0) is 36.8 Å². The summed E-state index contributed by atoms with van der Waals surface area (Å²) in [7, 11) is 0. The van der Waals surface area contributed by atoms with E-state index in [0.29, 0.717) is 16.9 Å². The fraction of sp³-hybridized carbons (Fsp3) is 0.0952. The van der Waals surface area contributed by atoms with Crippen LogP contribution in [0.1, 0.15) is 22.9 Å². The van der Waals surface area contributed by atoms with E-state index in [0.717, 1.165) is 9.37 Å². The lowest BCUT2D eigenvalue weighted by atomic mass is 9.95. The van der Waals surface area contributed by atoms with E-state index in [9.17, 15) is 19.8 Å². The average molecular weight is 455 g/mol. The molecule has 0 aliphatic carbocycles. The van der Waals surface area contributed by atoms with Gasteiger partial charge in [0.1, 0.15) is 17.3 Å². The van der Waals surface area contributed by atoms with Gasteiger partial charge in [-0.15, -0.1) is 0 Å². The van der Waals surface area contributed by atoms with E-state index >= 15 is 0 Å². The third-order valence-electron chi connectivity index (χ3n) is 4.61. The van der Waals surface area contributed by atoms with Crippen LogP contribution in [0.5, 0.6) is 5.75 Å². The first kappa shape index (κ1) is 18.9. The number of hydrogen-bond acceptors (Lipinski definition) is 6. The number of hydrogen-bond donors (Lipinski definition) is 2. The lowest BCUT2D eigenvalue weighted by Crippen LogP contribution is -2.29. The molecule has 2 N–H and O–H groups in total. The van der Waals surface area contributed by atoms with Gasteiger partial charge < -0.3 is 14.7 Å². The summed E-state index contributed by atoms with van der Waals surface area (Å²) in [6.07, 6.45) is 0. The van der Waals surface area contributed by atoms with Crippen LogP contribution >= 0.6 is 15.9 Å². The molecule has 0 unspecified atom stereocenters. The van der Waals surface area contributed by atoms with Gasteiger partial charge in [-0.25, -0.2) is 0 Å². The number of rotatable bonds is 3. The number of aromatic hydroxyl groups is 1. The number of aliphatic hydroxyl groups is 1. The molecule has 1 amide bonds. The van der Waals surface area contributed by atoms with Crippen molar-refractivity contribution in [2.45, 2.75) is 13.0 Å². The van der Waals surface area contributed by atoms with Crippen LogP contribution in [0.3, 0.4) is 0 Å². The quantitative estimate of drug-likeness (QED) is 0.351. The summed E-state index contributed by atoms with van der Waals surface area (Å²) in [5.74, 6) is -1.43. The number of benzene rings is 2. The van der Waals surface area contributed by atoms with E-state index < -0.39 is 17.7 Å². The number of aliphatic hydroxyl groups excluding tert-OH is 1. The zero-order valence-electron chi connectivity index (χ0n) is 15.2. The van der Waals surface area contributed by atoms with Crippen molar-refractivity contribution < 1.29 is 24.3 Å². The minimum absolute atomic E-state index is 0.0342. The SMILES string of the molecule is Cc1cc(N2C(=O)C(=O)C(=C(O)c3ccc(Br)cc3)[C@@H]2c2cccc(O)c2)no1. The molecular formula is C21H15BrN2O5. The Labute approximate surface area is 174 Å². The fourth-order valence-corrected chi connectivity index (χ4v) is 3.57. The fourth-order valence-electron chi connectivity index (χ4n) is 3.31. The number of aromatic nitrogens is 1. The van der Waals surface area contributed by atoms with E-state index in [1.807, 2.05) is 0 Å². The topological polar surface area (TPSA) is 104 Å². The van der Waals surface area contributed by atoms with Crippen molar-refractivity contribution in [3.63, 3.8) is 0 Å². The van der Waals surface area contributed by atoms with Crippen LogP contribution in [0.15, 0.2) is 69.2 Å². The molecule has 146 valence electrons. The molecule has 7 nitrogen and oxygen atoms in total. The second-order valence-corrected chi connectivity index (χ2v) is 7.48. The lowest BCUT2D eigenvalue weighted by molar-refractivity contribution is -0.132. The molecule has 0 bridgehead atoms. The first-order valence-corrected chi connectivity index (χ1v) is 9.45. The van der Waals surface area contributed by atoms with Crippen LogP contribution in [0.4, 0.5) is 5.82 Å². The van der Waals surface area contributed by atoms with Gasteiger partial charge >= 0.3 is 5.91 Å². The van der Waals surface area contributed by atoms with E-state index in [-0.39, 0.29) is 22.9 Å². The van der Waals surface area contributed by atoms with Crippen molar-refractivity contribution in [3.05, 3.63) is 81.5 Å². The maximum Gasteiger partial charge on any atom is 0.301 e. The van der Waals surface area contributed by atoms with Crippen molar-refractivity contribution in [1.82, 2.24) is 5.16 Å². The minimum Gasteiger partial charge on any atom is -0.508 e. The first-order chi connectivity index (χ1) is 13.9. The van der Waals surface area contributed by atoms with Gasteiger partial charge in [-0.1, -0.05) is 45.4 Å². The summed E-state index contributed by atoms with van der Waals surface area (Å²) in [4.78, 5) is 26.9. The van der Waals surface area contributed by atoms with E-state index in [1.54, 1.807) is 43.3 Å². The molecule has 1 saturated heterocycles. The number of phenolic OH excluding ortho intramolecular Hbond substituents is 1. The standard InChI is InChI=1S/C21H15BrN2O5/c1-11-9-16(23-29-11)24-18(13-3-2-4-15(25)10-13)17(20(27)21(24)28)19(26)12-5-7-14(22)8-6-12/h2-10,18,25-26H,1H3/t18-/m0/s1. The summed E-state index contributed by atoms with van der Waals surface area (Å²) in [5, 5.41) is 24.7. The molecule has 1 aliphatic heterocycles. The Balaban J connectivity index is 1.95. The number of carbonyl (C=O) groups is 2. The van der Waals surface area contributed by atoms with Gasteiger partial charge in [0.2, 0.25) is 0 Å². The maximum atomic E-state index is 12.9. The van der Waals surface area contributed by atoms with E-state index in [4.69, 9.17) is 4.52 Å². The number of anilines is 1. The predicted octanol–water partition coefficient (Wildman–Crippen LogP) is 4.08. The number of aryl methyl sites for hydroxylation is 1. The zero-order chi connectivity index (χ0) is 20.7. The van der Waals surface area contributed by atoms with Crippen LogP contribution < -0.4 is 4.90 Å². The smallest absolute Gasteiger partial charge is 0.301 e. The zero-order valence-corrected chi connectivity index (χ0v) is 16.8. The Morgan fingerprint density at radius 3 is 2.48 bits per heavy atom. The highest BCUT2D eigenvalue weighted by Gasteiger charge is 2.48. The van der Waals surface area contributed by atoms with Gasteiger partial charge in [0, 0.05) is 16.1 Å². The Hall–Kier alpha value is -3.39. The number of halogens is 1. The molecule has 29 heavy (non-hydrogen) atoms. The second-order valence-electron chi connectivity index (χ2n) is 6.57. The molecule has 3 aromatic rings. The molecule has 2 aromatic carbocycles. The molecule has 0 saturated carbocycles. The van der Waals surface area contributed by atoms with Gasteiger partial charge in [-0.2, -0.15) is 0 Å². The molecule has 1 atom stereocenters. The molecule has 1 fully saturated rings. The van der Waals surface area contributed by atoms with Gasteiger partial charge in [0.25, 0.3) is 5.78 Å². The average Bonchev–Trinajstić information content (AvgIpc) is 3.23. The predicted molar refractivity (Wildman–Crippen MR) is 108 cm³/mol. The molecule has 0 radical (unpaired) electrons. The van der Waals surface area contributed by atoms with Crippen LogP contribution in [-0.2, 0) is 9.59 Å². The molecule has 4 rings (SSSR count). The Morgan fingerprint density at radius 1 is 1.14 bits per heavy atom. The first-order valence-electron chi connectivity index (χ1n) is 8.66. The monoisotopic (exact) mass is 454 g/mol. The number of nitrogens with zero attached hydrogens (tertiary/aromatic N) is 2. The number of carbonyl (C=O) groups excluding carboxylic acids is 2. The third-order valence-corrected chi connectivity index (χ3v) is 5.14. The molecule has 1 aliphatic rings. The highest BCUT2D eigenvalue weighted by atomic mass is 79.9. The van der Waals surface area contributed by atoms with Crippen LogP contribution in [-0.4, -0.2) is 27.1 Å². The summed E-state index contributed by atoms with van der Waals surface area (Å²) >= 11 is 3.33. The second kappa shape index (κ2) is 7.21. The van der Waals surface area contributed by atoms with E-state index in [2.05, 4.69) is 21.1 Å². The number of amides is 1. The minimum atomic E-state index is -0.977. The van der Waals surface area contributed by atoms with Crippen molar-refractivity contribution in [1.29, 1.82) is 0 Å². The molecule has 8 heteroatoms. The Bertz CT molecular complexity index is 1150. The molecule has 1 aromatic heterocycles. The van der Waals surface area contributed by atoms with Gasteiger partial charge in [-0.3, -0.25) is 14.5 Å². The number of Topliss-reactive ketones (excluding diaryl/α,β-unsaturated/α-hetero) is 1. The maximum absolute atomic E-state index is 12.9. The lowest BCUT2D eigenvalue weighted by Gasteiger charge is -2.22. The van der Waals surface area contributed by atoms with Crippen LogP contribution in [0.2, 0.25) is 0 Å². The van der Waals surface area contributed by atoms with Crippen molar-refractivity contribution in [3.8, 4) is 5.75 Å². The normalized spacial score (nSPS) is 18.4.